The molecule has 30 valence electrons. The van der Waals surface area contributed by atoms with Crippen LogP contribution in [-0.2, 0) is 0 Å². The first kappa shape index (κ1) is 4.07. The van der Waals surface area contributed by atoms with Gasteiger partial charge in [0.1, 0.15) is 0 Å². The number of hydrazone groups is 1. The molecule has 6 N–H and O–H groups in total. The van der Waals surface area contributed by atoms with Crippen molar-refractivity contribution in [3.63, 3.8) is 0 Å². The van der Waals surface area contributed by atoms with Crippen LogP contribution in [0.3, 0.4) is 0 Å². The molecule has 0 saturated heterocycles. The van der Waals surface area contributed by atoms with Crippen LogP contribution in [0.25, 0.3) is 0 Å². The average Bonchev–Trinajstić information content (AvgIpc) is 1.38. The Labute approximate surface area is 29.6 Å². The van der Waals surface area contributed by atoms with Crippen LogP contribution in [0.2, 0.25) is 0 Å². The van der Waals surface area contributed by atoms with Crippen molar-refractivity contribution in [2.45, 2.75) is 0 Å². The Bertz CT molecular complexity index is 41.6. The fourth-order valence-electron chi connectivity index (χ4n) is 0. The zero-order valence-electron chi connectivity index (χ0n) is 2.68. The molecule has 0 unspecified atom stereocenters. The smallest absolute Gasteiger partial charge is 0.208 e. The first-order chi connectivity index (χ1) is 2.27. The second kappa shape index (κ2) is 1.40. The van der Waals surface area contributed by atoms with Gasteiger partial charge in [-0.1, -0.05) is 0 Å². The fraction of sp³-hybridized carbons (Fsp3) is 0. The maximum atomic E-state index is 4.69. The highest BCUT2D eigenvalue weighted by Gasteiger charge is 1.62. The third kappa shape index (κ3) is 3.07. The molecule has 5 heavy (non-hydrogen) atoms. The summed E-state index contributed by atoms with van der Waals surface area (Å²) in [6.07, 6.45) is 0. The highest BCUT2D eigenvalue weighted by atomic mass is 15.3. The lowest BCUT2D eigenvalue weighted by molar-refractivity contribution is 1.21. The molecule has 0 atom stereocenters. The zero-order valence-corrected chi connectivity index (χ0v) is 2.68. The molecule has 0 bridgehead atoms. The van der Waals surface area contributed by atoms with Gasteiger partial charge in [0.05, 0.1) is 0 Å². The van der Waals surface area contributed by atoms with Crippen LogP contribution < -0.4 is 17.3 Å². The van der Waals surface area contributed by atoms with E-state index < -0.39 is 0 Å². The Morgan fingerprint density at radius 3 is 1.60 bits per heavy atom. The van der Waals surface area contributed by atoms with Crippen LogP contribution >= 0.6 is 0 Å². The predicted molar refractivity (Wildman–Crippen MR) is 20.0 cm³/mol. The summed E-state index contributed by atoms with van der Waals surface area (Å²) in [7, 11) is 0. The summed E-state index contributed by atoms with van der Waals surface area (Å²) in [5, 5.41) is 2.86. The van der Waals surface area contributed by atoms with Crippen molar-refractivity contribution >= 4 is 5.96 Å². The lowest BCUT2D eigenvalue weighted by Crippen LogP contribution is -2.23. The molecule has 0 saturated carbocycles. The second-order valence-corrected chi connectivity index (χ2v) is 0.554. The van der Waals surface area contributed by atoms with Crippen molar-refractivity contribution in [1.29, 1.82) is 0 Å². The monoisotopic (exact) mass is 75.1 g/mol. The van der Waals surface area contributed by atoms with Crippen molar-refractivity contribution < 1.29 is 0 Å². The first-order valence-corrected chi connectivity index (χ1v) is 1.06. The molecule has 4 heteroatoms. The lowest BCUT2D eigenvalue weighted by Gasteiger charge is -1.76. The lowest BCUT2D eigenvalue weighted by atomic mass is 11.8. The molecule has 0 aromatic carbocycles. The minimum absolute atomic E-state index is 0.0926. The molecule has 0 aromatic rings. The van der Waals surface area contributed by atoms with E-state index in [2.05, 4.69) is 10.9 Å². The molecule has 0 amide bonds. The number of guanidine groups is 1. The summed E-state index contributed by atoms with van der Waals surface area (Å²) in [6.45, 7) is 0. The normalized spacial score (nSPS) is 6.40. The van der Waals surface area contributed by atoms with Gasteiger partial charge in [-0.05, 0) is 0 Å². The molecule has 0 aromatic heterocycles. The number of hydrogen-bond donors (Lipinski definition) is 3. The van der Waals surface area contributed by atoms with Gasteiger partial charge in [0.15, 0.2) is 0 Å². The average molecular weight is 75.1 g/mol. The van der Waals surface area contributed by atoms with Crippen LogP contribution in [0.4, 0.5) is 0 Å². The number of rotatable bonds is 0. The van der Waals surface area contributed by atoms with E-state index >= 15 is 0 Å². The van der Waals surface area contributed by atoms with Gasteiger partial charge < -0.3 is 17.3 Å². The van der Waals surface area contributed by atoms with Crippen molar-refractivity contribution in [2.75, 3.05) is 0 Å². The van der Waals surface area contributed by atoms with Gasteiger partial charge in [0, 0.05) is 0 Å². The minimum atomic E-state index is -0.0926. The Kier molecular flexibility index (Phi) is 1.14. The number of hydrogen-bond acceptors (Lipinski definition) is 2. The summed E-state index contributed by atoms with van der Waals surface area (Å²) in [4.78, 5) is 0. The highest BCUT2D eigenvalue weighted by Crippen LogP contribution is 1.31. The Balaban J connectivity index is 3.14. The van der Waals surface area contributed by atoms with Crippen molar-refractivity contribution in [1.82, 2.24) is 0 Å². The summed E-state index contributed by atoms with van der Waals surface area (Å²) >= 11 is 0. The Morgan fingerprint density at radius 1 is 1.40 bits per heavy atom. The summed E-state index contributed by atoms with van der Waals surface area (Å²) < 4.78 is 0. The molecule has 0 aliphatic rings. The van der Waals surface area contributed by atoms with Crippen LogP contribution in [0.1, 0.15) is 0 Å². The molecule has 0 aliphatic carbocycles. The first-order valence-electron chi connectivity index (χ1n) is 1.06. The summed E-state index contributed by atoms with van der Waals surface area (Å²) in [5.74, 6) is 4.42. The van der Waals surface area contributed by atoms with Gasteiger partial charge in [0.2, 0.25) is 5.96 Å². The van der Waals surface area contributed by atoms with Crippen LogP contribution in [-0.4, -0.2) is 5.96 Å². The van der Waals surface area contributed by atoms with Gasteiger partial charge in [-0.25, -0.2) is 0 Å². The molecule has 0 heterocycles. The largest absolute Gasteiger partial charge is 0.369 e. The van der Waals surface area contributed by atoms with Gasteiger partial charge in [-0.15, -0.1) is 5.10 Å². The van der Waals surface area contributed by atoms with E-state index in [9.17, 15) is 0 Å². The van der Waals surface area contributed by atoms with Gasteiger partial charge >= 0.3 is 0 Å². The predicted octanol–water partition coefficient (Wildman–Crippen LogP) is -1.87. The molecular weight excluding hydrogens is 69.0 g/mol. The van der Waals surface area contributed by atoms with Crippen LogP contribution in [0.15, 0.2) is 5.10 Å². The topological polar surface area (TPSA) is 90.4 Å². The van der Waals surface area contributed by atoms with Gasteiger partial charge in [-0.3, -0.25) is 0 Å². The fourth-order valence-corrected chi connectivity index (χ4v) is 0. The molecule has 4 nitrogen and oxygen atoms in total. The van der Waals surface area contributed by atoms with E-state index in [-0.39, 0.29) is 5.96 Å². The molecular formula is CH6N4. The van der Waals surface area contributed by atoms with Gasteiger partial charge in [0.25, 0.3) is 0 Å². The minimum Gasteiger partial charge on any atom is -0.369 e. The number of nitrogens with zero attached hydrogens (tertiary/aromatic N) is 1. The highest BCUT2D eigenvalue weighted by molar-refractivity contribution is 5.75. The van der Waals surface area contributed by atoms with E-state index in [1.54, 1.807) is 0 Å². The Hall–Kier alpha value is -0.930. The van der Waals surface area contributed by atoms with E-state index in [0.29, 0.717) is 0 Å². The molecule has 0 aliphatic heterocycles. The molecule has 0 radical (unpaired) electrons. The summed E-state index contributed by atoms with van der Waals surface area (Å²) in [6, 6.07) is 0. The third-order valence-electron chi connectivity index (χ3n) is 0.149. The van der Waals surface area contributed by atoms with Crippen LogP contribution in [0.5, 0.6) is 0 Å². The van der Waals surface area contributed by atoms with E-state index in [1.165, 1.54) is 0 Å². The van der Waals surface area contributed by atoms with E-state index in [0.717, 1.165) is 0 Å². The van der Waals surface area contributed by atoms with Crippen molar-refractivity contribution in [3.8, 4) is 0 Å². The third-order valence-corrected chi connectivity index (χ3v) is 0.149. The molecule has 0 rings (SSSR count). The molecule has 0 fully saturated rings. The zero-order chi connectivity index (χ0) is 4.28. The number of nitrogens with two attached hydrogens (primary N) is 3. The van der Waals surface area contributed by atoms with Crippen molar-refractivity contribution in [3.05, 3.63) is 0 Å². The van der Waals surface area contributed by atoms with Crippen molar-refractivity contribution in [2.24, 2.45) is 22.4 Å². The second-order valence-electron chi connectivity index (χ2n) is 0.554. The summed E-state index contributed by atoms with van der Waals surface area (Å²) in [5.41, 5.74) is 9.39. The van der Waals surface area contributed by atoms with E-state index in [1.807, 2.05) is 0 Å². The maximum Gasteiger partial charge on any atom is 0.208 e. The maximum absolute atomic E-state index is 4.69. The standard InChI is InChI=1S/CH6N4/c2-1(3)5-4/h4H2,(H4,2,3,5)/i1+1. The van der Waals surface area contributed by atoms with E-state index in [4.69, 9.17) is 11.5 Å². The van der Waals surface area contributed by atoms with Crippen LogP contribution in [0, 0.1) is 0 Å². The molecule has 0 spiro atoms. The SMILES string of the molecule is NN=[13C](N)N. The quantitative estimate of drug-likeness (QED) is 0.104. The Morgan fingerprint density at radius 2 is 1.60 bits per heavy atom. The van der Waals surface area contributed by atoms with Gasteiger partial charge in [-0.2, -0.15) is 0 Å².